The van der Waals surface area contributed by atoms with Crippen LogP contribution < -0.4 is 5.32 Å². The number of nitro groups is 1. The highest BCUT2D eigenvalue weighted by Crippen LogP contribution is 2.29. The molecule has 0 aliphatic heterocycles. The number of aryl methyl sites for hydroxylation is 1. The van der Waals surface area contributed by atoms with Crippen LogP contribution in [0.15, 0.2) is 48.5 Å². The molecule has 2 amide bonds. The lowest BCUT2D eigenvalue weighted by Gasteiger charge is -2.22. The van der Waals surface area contributed by atoms with E-state index in [0.717, 1.165) is 12.1 Å². The molecule has 9 nitrogen and oxygen atoms in total. The summed E-state index contributed by atoms with van der Waals surface area (Å²) in [6.45, 7) is 9.76. The van der Waals surface area contributed by atoms with E-state index in [2.05, 4.69) is 10.4 Å². The Kier molecular flexibility index (Phi) is 8.70. The monoisotopic (exact) mass is 525 g/mol. The number of nitrogens with zero attached hydrogens (tertiary/aromatic N) is 4. The molecule has 0 bridgehead atoms. The van der Waals surface area contributed by atoms with Crippen molar-refractivity contribution in [1.29, 1.82) is 0 Å². The van der Waals surface area contributed by atoms with Gasteiger partial charge >= 0.3 is 0 Å². The summed E-state index contributed by atoms with van der Waals surface area (Å²) >= 11 is 6.41. The second kappa shape index (κ2) is 11.6. The fourth-order valence-corrected chi connectivity index (χ4v) is 3.94. The van der Waals surface area contributed by atoms with Crippen molar-refractivity contribution in [1.82, 2.24) is 14.7 Å². The van der Waals surface area contributed by atoms with E-state index >= 15 is 0 Å². The van der Waals surface area contributed by atoms with Crippen LogP contribution in [0.1, 0.15) is 62.2 Å². The fourth-order valence-electron chi connectivity index (χ4n) is 3.72. The largest absolute Gasteiger partial charge is 0.329 e. The van der Waals surface area contributed by atoms with Gasteiger partial charge in [0.25, 0.3) is 11.6 Å². The molecule has 0 radical (unpaired) electrons. The molecular formula is C27H32ClN5O4. The second-order valence-electron chi connectivity index (χ2n) is 9.91. The van der Waals surface area contributed by atoms with E-state index in [-0.39, 0.29) is 23.2 Å². The highest BCUT2D eigenvalue weighted by molar-refractivity contribution is 6.32. The van der Waals surface area contributed by atoms with E-state index in [1.807, 2.05) is 39.8 Å². The van der Waals surface area contributed by atoms with Crippen molar-refractivity contribution in [3.8, 4) is 5.69 Å². The SMILES string of the molecule is CCCCN(CC(=O)Nc1cc(C(C)(C)C)nn1-c1ccccc1Cl)C(=O)c1ccc(C)c([N+](=O)[O-])c1. The van der Waals surface area contributed by atoms with Gasteiger partial charge in [0.2, 0.25) is 5.91 Å². The zero-order valence-electron chi connectivity index (χ0n) is 21.7. The average Bonchev–Trinajstić information content (AvgIpc) is 3.25. The highest BCUT2D eigenvalue weighted by atomic mass is 35.5. The first kappa shape index (κ1) is 27.9. The molecule has 0 spiro atoms. The standard InChI is InChI=1S/C27H32ClN5O4/c1-6-7-14-31(26(35)19-13-12-18(2)22(15-19)33(36)37)17-25(34)29-24-16-23(27(3,4)5)30-32(24)21-11-9-8-10-20(21)28/h8-13,15-16H,6-7,14,17H2,1-5H3,(H,29,34). The molecule has 37 heavy (non-hydrogen) atoms. The van der Waals surface area contributed by atoms with Crippen molar-refractivity contribution in [3.05, 3.63) is 80.5 Å². The quantitative estimate of drug-likeness (QED) is 0.275. The van der Waals surface area contributed by atoms with Crippen LogP contribution in [0.3, 0.4) is 0 Å². The Morgan fingerprint density at radius 3 is 2.49 bits per heavy atom. The number of anilines is 1. The number of nitrogens with one attached hydrogen (secondary N) is 1. The Labute approximate surface area is 221 Å². The van der Waals surface area contributed by atoms with Crippen molar-refractivity contribution in [2.45, 2.75) is 52.9 Å². The lowest BCUT2D eigenvalue weighted by atomic mass is 9.92. The summed E-state index contributed by atoms with van der Waals surface area (Å²) in [5, 5.41) is 19.4. The summed E-state index contributed by atoms with van der Waals surface area (Å²) in [4.78, 5) is 38.7. The number of benzene rings is 2. The van der Waals surface area contributed by atoms with Crippen LogP contribution >= 0.6 is 11.6 Å². The summed E-state index contributed by atoms with van der Waals surface area (Å²) < 4.78 is 1.59. The van der Waals surface area contributed by atoms with Gasteiger partial charge in [-0.15, -0.1) is 0 Å². The number of amides is 2. The molecule has 2 aromatic carbocycles. The van der Waals surface area contributed by atoms with Crippen LogP contribution in [0.2, 0.25) is 5.02 Å². The van der Waals surface area contributed by atoms with E-state index < -0.39 is 16.7 Å². The Balaban J connectivity index is 1.89. The van der Waals surface area contributed by atoms with Crippen LogP contribution in [0.4, 0.5) is 11.5 Å². The number of rotatable bonds is 9. The van der Waals surface area contributed by atoms with Gasteiger partial charge in [0, 0.05) is 35.2 Å². The molecule has 196 valence electrons. The smallest absolute Gasteiger partial charge is 0.273 e. The molecule has 3 aromatic rings. The molecule has 0 atom stereocenters. The fraction of sp³-hybridized carbons (Fsp3) is 0.370. The number of carbonyl (C=O) groups excluding carboxylic acids is 2. The maximum atomic E-state index is 13.3. The van der Waals surface area contributed by atoms with Crippen LogP contribution in [0, 0.1) is 17.0 Å². The summed E-state index contributed by atoms with van der Waals surface area (Å²) in [6.07, 6.45) is 1.49. The van der Waals surface area contributed by atoms with Crippen LogP contribution in [0.5, 0.6) is 0 Å². The van der Waals surface area contributed by atoms with E-state index in [0.29, 0.717) is 35.1 Å². The average molecular weight is 526 g/mol. The molecule has 0 saturated carbocycles. The molecule has 0 fully saturated rings. The second-order valence-corrected chi connectivity index (χ2v) is 10.3. The molecule has 10 heteroatoms. The summed E-state index contributed by atoms with van der Waals surface area (Å²) in [5.74, 6) is -0.432. The summed E-state index contributed by atoms with van der Waals surface area (Å²) in [5.41, 5.74) is 1.58. The number of halogens is 1. The maximum absolute atomic E-state index is 13.3. The first-order valence-corrected chi connectivity index (χ1v) is 12.5. The Morgan fingerprint density at radius 2 is 1.86 bits per heavy atom. The molecule has 3 rings (SSSR count). The minimum absolute atomic E-state index is 0.135. The molecule has 0 aliphatic carbocycles. The lowest BCUT2D eigenvalue weighted by Crippen LogP contribution is -2.39. The number of para-hydroxylation sites is 1. The van der Waals surface area contributed by atoms with Crippen molar-refractivity contribution >= 4 is 34.9 Å². The maximum Gasteiger partial charge on any atom is 0.273 e. The Morgan fingerprint density at radius 1 is 1.16 bits per heavy atom. The minimum atomic E-state index is -0.516. The number of hydrogen-bond donors (Lipinski definition) is 1. The van der Waals surface area contributed by atoms with Gasteiger partial charge in [0.05, 0.1) is 21.3 Å². The molecule has 1 aromatic heterocycles. The van der Waals surface area contributed by atoms with E-state index in [4.69, 9.17) is 11.6 Å². The van der Waals surface area contributed by atoms with Gasteiger partial charge in [-0.3, -0.25) is 19.7 Å². The topological polar surface area (TPSA) is 110 Å². The lowest BCUT2D eigenvalue weighted by molar-refractivity contribution is -0.385. The van der Waals surface area contributed by atoms with E-state index in [1.165, 1.54) is 11.0 Å². The summed E-state index contributed by atoms with van der Waals surface area (Å²) in [7, 11) is 0. The van der Waals surface area contributed by atoms with Crippen molar-refractivity contribution in [2.75, 3.05) is 18.4 Å². The third-order valence-electron chi connectivity index (χ3n) is 5.88. The zero-order chi connectivity index (χ0) is 27.3. The molecule has 0 aliphatic rings. The number of hydrogen-bond acceptors (Lipinski definition) is 5. The van der Waals surface area contributed by atoms with Gasteiger partial charge < -0.3 is 10.2 Å². The van der Waals surface area contributed by atoms with E-state index in [1.54, 1.807) is 41.9 Å². The Bertz CT molecular complexity index is 1310. The first-order valence-electron chi connectivity index (χ1n) is 12.1. The number of unbranched alkanes of at least 4 members (excludes halogenated alkanes) is 1. The third kappa shape index (κ3) is 6.74. The normalized spacial score (nSPS) is 11.3. The van der Waals surface area contributed by atoms with Crippen molar-refractivity contribution in [2.24, 2.45) is 0 Å². The highest BCUT2D eigenvalue weighted by Gasteiger charge is 2.25. The van der Waals surface area contributed by atoms with Crippen LogP contribution in [-0.2, 0) is 10.2 Å². The molecule has 0 saturated heterocycles. The third-order valence-corrected chi connectivity index (χ3v) is 6.20. The molecule has 1 heterocycles. The van der Waals surface area contributed by atoms with Gasteiger partial charge in [0.1, 0.15) is 12.4 Å². The molecule has 0 unspecified atom stereocenters. The van der Waals surface area contributed by atoms with Crippen LogP contribution in [-0.4, -0.2) is 44.5 Å². The molecular weight excluding hydrogens is 494 g/mol. The van der Waals surface area contributed by atoms with Gasteiger partial charge in [0.15, 0.2) is 0 Å². The van der Waals surface area contributed by atoms with E-state index in [9.17, 15) is 19.7 Å². The minimum Gasteiger partial charge on any atom is -0.329 e. The summed E-state index contributed by atoms with van der Waals surface area (Å²) in [6, 6.07) is 13.3. The Hall–Kier alpha value is -3.72. The van der Waals surface area contributed by atoms with Gasteiger partial charge in [-0.2, -0.15) is 5.10 Å². The van der Waals surface area contributed by atoms with Crippen LogP contribution in [0.25, 0.3) is 5.69 Å². The predicted molar refractivity (Wildman–Crippen MR) is 145 cm³/mol. The van der Waals surface area contributed by atoms with Gasteiger partial charge in [-0.05, 0) is 31.5 Å². The van der Waals surface area contributed by atoms with Gasteiger partial charge in [-0.1, -0.05) is 63.9 Å². The first-order chi connectivity index (χ1) is 17.4. The van der Waals surface area contributed by atoms with Crippen molar-refractivity contribution < 1.29 is 14.5 Å². The number of aromatic nitrogens is 2. The van der Waals surface area contributed by atoms with Gasteiger partial charge in [-0.25, -0.2) is 4.68 Å². The molecule has 1 N–H and O–H groups in total. The number of carbonyl (C=O) groups is 2. The van der Waals surface area contributed by atoms with Crippen molar-refractivity contribution in [3.63, 3.8) is 0 Å². The predicted octanol–water partition coefficient (Wildman–Crippen LogP) is 5.92. The number of nitro benzene ring substituents is 1. The zero-order valence-corrected chi connectivity index (χ0v) is 22.5.